The van der Waals surface area contributed by atoms with Crippen molar-refractivity contribution in [3.05, 3.63) is 29.1 Å². The quantitative estimate of drug-likeness (QED) is 0.512. The second-order valence-corrected chi connectivity index (χ2v) is 2.42. The van der Waals surface area contributed by atoms with Crippen LogP contribution in [0.4, 0.5) is 0 Å². The van der Waals surface area contributed by atoms with Crippen LogP contribution in [0.1, 0.15) is 21.7 Å². The lowest BCUT2D eigenvalue weighted by molar-refractivity contribution is 0.111. The Kier molecular flexibility index (Phi) is 2.78. The van der Waals surface area contributed by atoms with Gasteiger partial charge < -0.3 is 0 Å². The minimum atomic E-state index is 0.218. The zero-order valence-electron chi connectivity index (χ0n) is 6.12. The second kappa shape index (κ2) is 3.84. The number of carbonyl (C=O) groups is 1. The average molecular weight is 181 g/mol. The molecule has 1 aromatic heterocycles. The molecule has 60 valence electrons. The molecule has 12 heavy (non-hydrogen) atoms. The summed E-state index contributed by atoms with van der Waals surface area (Å²) in [6.07, 6.45) is 0.594. The molecule has 0 aliphatic carbocycles. The Hall–Kier alpha value is -1.40. The van der Waals surface area contributed by atoms with Gasteiger partial charge in [-0.1, -0.05) is 0 Å². The Bertz CT molecular complexity index is 343. The molecule has 1 rings (SSSR count). The van der Waals surface area contributed by atoms with Crippen molar-refractivity contribution in [1.29, 1.82) is 5.26 Å². The number of nitriles is 1. The lowest BCUT2D eigenvalue weighted by atomic mass is 10.2. The number of aldehydes is 1. The van der Waals surface area contributed by atoms with Crippen LogP contribution in [0.3, 0.4) is 0 Å². The highest BCUT2D eigenvalue weighted by atomic mass is 35.5. The topological polar surface area (TPSA) is 53.8 Å². The van der Waals surface area contributed by atoms with E-state index in [-0.39, 0.29) is 17.3 Å². The minimum absolute atomic E-state index is 0.218. The van der Waals surface area contributed by atoms with E-state index in [0.717, 1.165) is 5.56 Å². The molecular weight excluding hydrogens is 176 g/mol. The number of pyridine rings is 1. The summed E-state index contributed by atoms with van der Waals surface area (Å²) in [5.41, 5.74) is 1.19. The van der Waals surface area contributed by atoms with Gasteiger partial charge in [-0.05, 0) is 17.7 Å². The molecule has 0 radical (unpaired) electrons. The number of rotatable bonds is 2. The maximum atomic E-state index is 10.3. The Labute approximate surface area is 74.6 Å². The number of nitrogens with zero attached hydrogens (tertiary/aromatic N) is 2. The molecule has 0 unspecified atom stereocenters. The van der Waals surface area contributed by atoms with E-state index < -0.39 is 0 Å². The van der Waals surface area contributed by atoms with Gasteiger partial charge in [0.05, 0.1) is 0 Å². The fourth-order valence-electron chi connectivity index (χ4n) is 0.806. The molecule has 0 aliphatic heterocycles. The van der Waals surface area contributed by atoms with Crippen molar-refractivity contribution in [2.75, 3.05) is 0 Å². The van der Waals surface area contributed by atoms with Crippen LogP contribution < -0.4 is 0 Å². The Morgan fingerprint density at radius 1 is 1.67 bits per heavy atom. The highest BCUT2D eigenvalue weighted by Crippen LogP contribution is 2.06. The maximum absolute atomic E-state index is 10.3. The largest absolute Gasteiger partial charge is 0.296 e. The Morgan fingerprint density at radius 3 is 2.92 bits per heavy atom. The molecule has 0 saturated carbocycles. The summed E-state index contributed by atoms with van der Waals surface area (Å²) in [6, 6.07) is 4.96. The molecule has 3 nitrogen and oxygen atoms in total. The third-order valence-corrected chi connectivity index (χ3v) is 1.60. The average Bonchev–Trinajstić information content (AvgIpc) is 2.16. The number of carbonyl (C=O) groups excluding carboxylic acids is 1. The van der Waals surface area contributed by atoms with Crippen LogP contribution in [-0.2, 0) is 5.88 Å². The number of alkyl halides is 1. The zero-order chi connectivity index (χ0) is 8.97. The Morgan fingerprint density at radius 2 is 2.42 bits per heavy atom. The number of hydrogen-bond donors (Lipinski definition) is 0. The van der Waals surface area contributed by atoms with Crippen molar-refractivity contribution in [1.82, 2.24) is 4.98 Å². The van der Waals surface area contributed by atoms with Crippen LogP contribution in [0.2, 0.25) is 0 Å². The SMILES string of the molecule is N#Cc1cc(CCl)cc(C=O)n1. The van der Waals surface area contributed by atoms with Crippen LogP contribution in [-0.4, -0.2) is 11.3 Å². The van der Waals surface area contributed by atoms with Gasteiger partial charge in [0.1, 0.15) is 17.5 Å². The standard InChI is InChI=1S/C8H5ClN2O/c9-3-6-1-7(4-10)11-8(2-6)5-12/h1-2,5H,3H2. The second-order valence-electron chi connectivity index (χ2n) is 2.15. The summed E-state index contributed by atoms with van der Waals surface area (Å²) in [5, 5.41) is 8.51. The van der Waals surface area contributed by atoms with Gasteiger partial charge in [0, 0.05) is 5.88 Å². The van der Waals surface area contributed by atoms with E-state index >= 15 is 0 Å². The first-order chi connectivity index (χ1) is 5.80. The van der Waals surface area contributed by atoms with Crippen LogP contribution in [0, 0.1) is 11.3 Å². The summed E-state index contributed by atoms with van der Waals surface area (Å²) < 4.78 is 0. The van der Waals surface area contributed by atoms with E-state index in [1.54, 1.807) is 12.1 Å². The van der Waals surface area contributed by atoms with Crippen LogP contribution in [0.15, 0.2) is 12.1 Å². The van der Waals surface area contributed by atoms with E-state index in [0.29, 0.717) is 6.29 Å². The molecule has 0 aliphatic rings. The molecule has 0 atom stereocenters. The molecule has 0 saturated heterocycles. The molecule has 0 aromatic carbocycles. The van der Waals surface area contributed by atoms with Crippen LogP contribution >= 0.6 is 11.6 Å². The van der Waals surface area contributed by atoms with Gasteiger partial charge in [0.2, 0.25) is 0 Å². The summed E-state index contributed by atoms with van der Waals surface area (Å²) in [4.78, 5) is 14.1. The van der Waals surface area contributed by atoms with Crippen LogP contribution in [0.5, 0.6) is 0 Å². The van der Waals surface area contributed by atoms with Crippen LogP contribution in [0.25, 0.3) is 0 Å². The van der Waals surface area contributed by atoms with Gasteiger partial charge in [-0.25, -0.2) is 4.98 Å². The summed E-state index contributed by atoms with van der Waals surface area (Å²) >= 11 is 5.53. The molecule has 0 amide bonds. The van der Waals surface area contributed by atoms with Gasteiger partial charge in [0.15, 0.2) is 6.29 Å². The first kappa shape index (κ1) is 8.69. The molecular formula is C8H5ClN2O. The van der Waals surface area contributed by atoms with E-state index in [4.69, 9.17) is 16.9 Å². The number of halogens is 1. The molecule has 1 aromatic rings. The summed E-state index contributed by atoms with van der Waals surface area (Å²) in [6.45, 7) is 0. The summed E-state index contributed by atoms with van der Waals surface area (Å²) in [5.74, 6) is 0.276. The fourth-order valence-corrected chi connectivity index (χ4v) is 0.960. The van der Waals surface area contributed by atoms with Crippen molar-refractivity contribution in [2.45, 2.75) is 5.88 Å². The molecule has 0 bridgehead atoms. The summed E-state index contributed by atoms with van der Waals surface area (Å²) in [7, 11) is 0. The predicted octanol–water partition coefficient (Wildman–Crippen LogP) is 1.50. The lowest BCUT2D eigenvalue weighted by Crippen LogP contribution is -1.93. The predicted molar refractivity (Wildman–Crippen MR) is 43.9 cm³/mol. The van der Waals surface area contributed by atoms with Crippen molar-refractivity contribution in [3.63, 3.8) is 0 Å². The number of hydrogen-bond acceptors (Lipinski definition) is 3. The third kappa shape index (κ3) is 1.80. The lowest BCUT2D eigenvalue weighted by Gasteiger charge is -1.96. The van der Waals surface area contributed by atoms with E-state index in [1.165, 1.54) is 0 Å². The van der Waals surface area contributed by atoms with E-state index in [9.17, 15) is 4.79 Å². The van der Waals surface area contributed by atoms with Crippen molar-refractivity contribution < 1.29 is 4.79 Å². The zero-order valence-corrected chi connectivity index (χ0v) is 6.88. The van der Waals surface area contributed by atoms with Crippen molar-refractivity contribution in [2.24, 2.45) is 0 Å². The fraction of sp³-hybridized carbons (Fsp3) is 0.125. The van der Waals surface area contributed by atoms with Crippen molar-refractivity contribution >= 4 is 17.9 Å². The van der Waals surface area contributed by atoms with Crippen molar-refractivity contribution in [3.8, 4) is 6.07 Å². The highest BCUT2D eigenvalue weighted by molar-refractivity contribution is 6.17. The monoisotopic (exact) mass is 180 g/mol. The highest BCUT2D eigenvalue weighted by Gasteiger charge is 1.99. The molecule has 4 heteroatoms. The molecule has 1 heterocycles. The number of aromatic nitrogens is 1. The van der Waals surface area contributed by atoms with Gasteiger partial charge >= 0.3 is 0 Å². The molecule has 0 spiro atoms. The van der Waals surface area contributed by atoms with E-state index in [1.807, 2.05) is 6.07 Å². The van der Waals surface area contributed by atoms with Gasteiger partial charge in [-0.2, -0.15) is 5.26 Å². The van der Waals surface area contributed by atoms with Gasteiger partial charge in [-0.15, -0.1) is 11.6 Å². The smallest absolute Gasteiger partial charge is 0.168 e. The molecule has 0 fully saturated rings. The Balaban J connectivity index is 3.21. The first-order valence-electron chi connectivity index (χ1n) is 3.22. The maximum Gasteiger partial charge on any atom is 0.168 e. The molecule has 0 N–H and O–H groups in total. The van der Waals surface area contributed by atoms with E-state index in [2.05, 4.69) is 4.98 Å². The van der Waals surface area contributed by atoms with Gasteiger partial charge in [0.25, 0.3) is 0 Å². The third-order valence-electron chi connectivity index (χ3n) is 1.29. The minimum Gasteiger partial charge on any atom is -0.296 e. The normalized spacial score (nSPS) is 9.00. The van der Waals surface area contributed by atoms with Gasteiger partial charge in [-0.3, -0.25) is 4.79 Å². The first-order valence-corrected chi connectivity index (χ1v) is 3.76.